The molecule has 0 spiro atoms. The number of alkyl halides is 3. The van der Waals surface area contributed by atoms with Crippen LogP contribution >= 0.6 is 0 Å². The number of carbonyl (C=O) groups is 2. The first-order chi connectivity index (χ1) is 9.56. The molecule has 0 aliphatic carbocycles. The van der Waals surface area contributed by atoms with Crippen molar-refractivity contribution in [2.75, 3.05) is 19.6 Å². The molecule has 2 atom stereocenters. The van der Waals surface area contributed by atoms with Crippen LogP contribution in [0.2, 0.25) is 0 Å². The molecule has 0 radical (unpaired) electrons. The summed E-state index contributed by atoms with van der Waals surface area (Å²) in [5, 5.41) is 12.5. The molecule has 2 unspecified atom stereocenters. The summed E-state index contributed by atoms with van der Waals surface area (Å²) < 4.78 is 38.2. The molecule has 1 aliphatic rings. The summed E-state index contributed by atoms with van der Waals surface area (Å²) in [7, 11) is 0. The number of carboxylic acid groups (broad SMARTS) is 1. The molecular formula is C12H20F3N3O3. The normalized spacial score (nSPS) is 20.6. The molecule has 0 aromatic heterocycles. The van der Waals surface area contributed by atoms with Crippen molar-refractivity contribution >= 4 is 12.0 Å². The molecule has 6 nitrogen and oxygen atoms in total. The Labute approximate surface area is 120 Å². The molecule has 122 valence electrons. The Balaban J connectivity index is 2.56. The summed E-state index contributed by atoms with van der Waals surface area (Å²) in [4.78, 5) is 24.5. The predicted molar refractivity (Wildman–Crippen MR) is 68.9 cm³/mol. The fourth-order valence-electron chi connectivity index (χ4n) is 2.13. The SMILES string of the molecule is CC(CN1CCCC1)NC(=O)NC(C)(C(=O)O)C(F)(F)F. The van der Waals surface area contributed by atoms with Crippen LogP contribution in [-0.2, 0) is 4.79 Å². The van der Waals surface area contributed by atoms with Crippen LogP contribution in [0.5, 0.6) is 0 Å². The van der Waals surface area contributed by atoms with Crippen molar-refractivity contribution < 1.29 is 27.9 Å². The number of nitrogens with one attached hydrogen (secondary N) is 2. The number of nitrogens with zero attached hydrogens (tertiary/aromatic N) is 1. The number of carbonyl (C=O) groups excluding carboxylic acids is 1. The van der Waals surface area contributed by atoms with Crippen molar-refractivity contribution in [1.29, 1.82) is 0 Å². The third-order valence-electron chi connectivity index (χ3n) is 3.47. The summed E-state index contributed by atoms with van der Waals surface area (Å²) in [6, 6.07) is -1.53. The zero-order valence-corrected chi connectivity index (χ0v) is 12.0. The number of rotatable bonds is 5. The Kier molecular flexibility index (Phi) is 5.43. The lowest BCUT2D eigenvalue weighted by Crippen LogP contribution is -2.64. The van der Waals surface area contributed by atoms with E-state index in [2.05, 4.69) is 10.2 Å². The summed E-state index contributed by atoms with van der Waals surface area (Å²) >= 11 is 0. The van der Waals surface area contributed by atoms with Crippen LogP contribution in [0.15, 0.2) is 0 Å². The highest BCUT2D eigenvalue weighted by atomic mass is 19.4. The van der Waals surface area contributed by atoms with E-state index in [0.29, 0.717) is 13.5 Å². The molecular weight excluding hydrogens is 291 g/mol. The number of halogens is 3. The average Bonchev–Trinajstić information content (AvgIpc) is 2.79. The lowest BCUT2D eigenvalue weighted by atomic mass is 10.0. The largest absolute Gasteiger partial charge is 0.479 e. The molecule has 1 aliphatic heterocycles. The standard InChI is InChI=1S/C12H20F3N3O3/c1-8(7-18-5-3-4-6-18)16-10(21)17-11(2,9(19)20)12(13,14)15/h8H,3-7H2,1-2H3,(H,19,20)(H2,16,17,21). The maximum absolute atomic E-state index is 12.7. The van der Waals surface area contributed by atoms with E-state index in [0.717, 1.165) is 25.9 Å². The maximum atomic E-state index is 12.7. The number of amides is 2. The van der Waals surface area contributed by atoms with Crippen LogP contribution in [-0.4, -0.2) is 59.4 Å². The average molecular weight is 311 g/mol. The fraction of sp³-hybridized carbons (Fsp3) is 0.833. The molecule has 1 heterocycles. The number of aliphatic carboxylic acids is 1. The minimum Gasteiger partial charge on any atom is -0.479 e. The molecule has 2 amide bonds. The zero-order chi connectivity index (χ0) is 16.3. The highest BCUT2D eigenvalue weighted by molar-refractivity contribution is 5.86. The van der Waals surface area contributed by atoms with E-state index in [1.54, 1.807) is 6.92 Å². The van der Waals surface area contributed by atoms with Gasteiger partial charge in [0.1, 0.15) is 0 Å². The van der Waals surface area contributed by atoms with Gasteiger partial charge >= 0.3 is 18.2 Å². The molecule has 1 saturated heterocycles. The van der Waals surface area contributed by atoms with Crippen LogP contribution in [0, 0.1) is 0 Å². The van der Waals surface area contributed by atoms with Crippen molar-refractivity contribution in [1.82, 2.24) is 15.5 Å². The van der Waals surface area contributed by atoms with Gasteiger partial charge in [0, 0.05) is 12.6 Å². The van der Waals surface area contributed by atoms with Gasteiger partial charge < -0.3 is 20.6 Å². The van der Waals surface area contributed by atoms with Crippen LogP contribution in [0.1, 0.15) is 26.7 Å². The van der Waals surface area contributed by atoms with E-state index in [1.165, 1.54) is 5.32 Å². The van der Waals surface area contributed by atoms with Crippen molar-refractivity contribution in [2.45, 2.75) is 44.4 Å². The maximum Gasteiger partial charge on any atom is 0.422 e. The third-order valence-corrected chi connectivity index (χ3v) is 3.47. The molecule has 3 N–H and O–H groups in total. The molecule has 0 saturated carbocycles. The van der Waals surface area contributed by atoms with E-state index in [1.807, 2.05) is 0 Å². The van der Waals surface area contributed by atoms with E-state index in [9.17, 15) is 22.8 Å². The van der Waals surface area contributed by atoms with Gasteiger partial charge in [0.05, 0.1) is 0 Å². The Morgan fingerprint density at radius 2 is 1.81 bits per heavy atom. The van der Waals surface area contributed by atoms with Crippen molar-refractivity contribution in [3.05, 3.63) is 0 Å². The second-order valence-electron chi connectivity index (χ2n) is 5.44. The minimum atomic E-state index is -5.09. The quantitative estimate of drug-likeness (QED) is 0.712. The highest BCUT2D eigenvalue weighted by Crippen LogP contribution is 2.30. The molecule has 1 fully saturated rings. The Morgan fingerprint density at radius 3 is 2.24 bits per heavy atom. The van der Waals surface area contributed by atoms with Crippen LogP contribution < -0.4 is 10.6 Å². The van der Waals surface area contributed by atoms with E-state index in [4.69, 9.17) is 5.11 Å². The third kappa shape index (κ3) is 4.48. The Hall–Kier alpha value is -1.51. The van der Waals surface area contributed by atoms with Gasteiger partial charge in [-0.15, -0.1) is 0 Å². The molecule has 21 heavy (non-hydrogen) atoms. The number of hydrogen-bond donors (Lipinski definition) is 3. The van der Waals surface area contributed by atoms with E-state index < -0.39 is 23.7 Å². The van der Waals surface area contributed by atoms with E-state index in [-0.39, 0.29) is 6.04 Å². The predicted octanol–water partition coefficient (Wildman–Crippen LogP) is 1.18. The van der Waals surface area contributed by atoms with Crippen LogP contribution in [0.4, 0.5) is 18.0 Å². The topological polar surface area (TPSA) is 81.7 Å². The first-order valence-corrected chi connectivity index (χ1v) is 6.67. The number of likely N-dealkylation sites (tertiary alicyclic amines) is 1. The van der Waals surface area contributed by atoms with E-state index >= 15 is 0 Å². The first kappa shape index (κ1) is 17.5. The van der Waals surface area contributed by atoms with Gasteiger partial charge in [-0.3, -0.25) is 0 Å². The fourth-order valence-corrected chi connectivity index (χ4v) is 2.13. The second kappa shape index (κ2) is 6.50. The van der Waals surface area contributed by atoms with Gasteiger partial charge in [0.2, 0.25) is 5.54 Å². The van der Waals surface area contributed by atoms with Crippen LogP contribution in [0.3, 0.4) is 0 Å². The monoisotopic (exact) mass is 311 g/mol. The molecule has 0 aromatic carbocycles. The minimum absolute atomic E-state index is 0.380. The van der Waals surface area contributed by atoms with Gasteiger partial charge in [-0.25, -0.2) is 9.59 Å². The lowest BCUT2D eigenvalue weighted by Gasteiger charge is -2.29. The zero-order valence-electron chi connectivity index (χ0n) is 12.0. The van der Waals surface area contributed by atoms with Gasteiger partial charge in [0.25, 0.3) is 0 Å². The summed E-state index contributed by atoms with van der Waals surface area (Å²) in [5.74, 6) is -2.16. The first-order valence-electron chi connectivity index (χ1n) is 6.67. The summed E-state index contributed by atoms with van der Waals surface area (Å²) in [6.45, 7) is 4.37. The molecule has 0 bridgehead atoms. The van der Waals surface area contributed by atoms with Crippen molar-refractivity contribution in [2.24, 2.45) is 0 Å². The summed E-state index contributed by atoms with van der Waals surface area (Å²) in [6.07, 6.45) is -2.97. The Bertz CT molecular complexity index is 397. The van der Waals surface area contributed by atoms with Gasteiger partial charge in [-0.2, -0.15) is 13.2 Å². The number of urea groups is 1. The van der Waals surface area contributed by atoms with Crippen molar-refractivity contribution in [3.8, 4) is 0 Å². The molecule has 0 aromatic rings. The van der Waals surface area contributed by atoms with Gasteiger partial charge in [-0.05, 0) is 39.8 Å². The second-order valence-corrected chi connectivity index (χ2v) is 5.44. The van der Waals surface area contributed by atoms with Crippen LogP contribution in [0.25, 0.3) is 0 Å². The Morgan fingerprint density at radius 1 is 1.29 bits per heavy atom. The lowest BCUT2D eigenvalue weighted by molar-refractivity contribution is -0.203. The molecule has 9 heteroatoms. The van der Waals surface area contributed by atoms with Crippen molar-refractivity contribution in [3.63, 3.8) is 0 Å². The number of hydrogen-bond acceptors (Lipinski definition) is 3. The highest BCUT2D eigenvalue weighted by Gasteiger charge is 2.58. The van der Waals surface area contributed by atoms with Gasteiger partial charge in [0.15, 0.2) is 0 Å². The summed E-state index contributed by atoms with van der Waals surface area (Å²) in [5.41, 5.74) is -3.32. The van der Waals surface area contributed by atoms with Gasteiger partial charge in [-0.1, -0.05) is 0 Å². The molecule has 1 rings (SSSR count). The number of carboxylic acids is 1. The smallest absolute Gasteiger partial charge is 0.422 e.